The van der Waals surface area contributed by atoms with Crippen molar-refractivity contribution >= 4 is 17.1 Å². The Morgan fingerprint density at radius 1 is 1.32 bits per heavy atom. The fourth-order valence-electron chi connectivity index (χ4n) is 2.18. The molecule has 1 unspecified atom stereocenters. The van der Waals surface area contributed by atoms with Gasteiger partial charge in [0.05, 0.1) is 9.85 Å². The summed E-state index contributed by atoms with van der Waals surface area (Å²) >= 11 is 0. The summed E-state index contributed by atoms with van der Waals surface area (Å²) in [4.78, 5) is 25.3. The van der Waals surface area contributed by atoms with Gasteiger partial charge in [0.2, 0.25) is 0 Å². The molecule has 0 N–H and O–H groups in total. The highest BCUT2D eigenvalue weighted by Gasteiger charge is 2.32. The summed E-state index contributed by atoms with van der Waals surface area (Å²) < 4.78 is 0. The standard InChI is InChI=1S/C12H16N6O4/c1-4-5-16(9(3)14-15-13)12-10(17(19)20)6-8(2)7-11(12)18(21)22/h6-7,9H,4-5H2,1-3H3. The zero-order valence-electron chi connectivity index (χ0n) is 12.5. The molecule has 1 atom stereocenters. The summed E-state index contributed by atoms with van der Waals surface area (Å²) in [7, 11) is 0. The molecule has 0 spiro atoms. The van der Waals surface area contributed by atoms with Gasteiger partial charge in [-0.15, -0.1) is 0 Å². The minimum Gasteiger partial charge on any atom is -0.352 e. The van der Waals surface area contributed by atoms with E-state index in [0.717, 1.165) is 0 Å². The van der Waals surface area contributed by atoms with Crippen LogP contribution in [-0.4, -0.2) is 22.6 Å². The Morgan fingerprint density at radius 2 is 1.82 bits per heavy atom. The first-order valence-electron chi connectivity index (χ1n) is 6.57. The van der Waals surface area contributed by atoms with Gasteiger partial charge >= 0.3 is 0 Å². The maximum Gasteiger partial charge on any atom is 0.299 e. The third-order valence-electron chi connectivity index (χ3n) is 3.03. The molecule has 118 valence electrons. The van der Waals surface area contributed by atoms with Gasteiger partial charge in [0.1, 0.15) is 6.17 Å². The zero-order chi connectivity index (χ0) is 16.9. The average molecular weight is 308 g/mol. The number of hydrogen-bond donors (Lipinski definition) is 0. The van der Waals surface area contributed by atoms with E-state index in [0.29, 0.717) is 12.0 Å². The number of rotatable bonds is 7. The van der Waals surface area contributed by atoms with Gasteiger partial charge in [-0.05, 0) is 31.4 Å². The molecule has 0 aliphatic rings. The molecule has 0 saturated carbocycles. The maximum absolute atomic E-state index is 11.3. The quantitative estimate of drug-likeness (QED) is 0.248. The molecule has 0 amide bonds. The first-order chi connectivity index (χ1) is 10.3. The Hall–Kier alpha value is -2.87. The summed E-state index contributed by atoms with van der Waals surface area (Å²) in [6.07, 6.45) is -0.210. The number of nitro benzene ring substituents is 2. The van der Waals surface area contributed by atoms with Crippen LogP contribution < -0.4 is 4.90 Å². The minimum atomic E-state index is -0.787. The Morgan fingerprint density at radius 3 is 2.18 bits per heavy atom. The molecule has 0 aliphatic carbocycles. The van der Waals surface area contributed by atoms with Gasteiger partial charge in [-0.25, -0.2) is 0 Å². The lowest BCUT2D eigenvalue weighted by atomic mass is 10.1. The van der Waals surface area contributed by atoms with Crippen LogP contribution in [0.4, 0.5) is 17.1 Å². The van der Waals surface area contributed by atoms with Gasteiger partial charge in [0, 0.05) is 23.6 Å². The van der Waals surface area contributed by atoms with Crippen molar-refractivity contribution in [2.75, 3.05) is 11.4 Å². The summed E-state index contributed by atoms with van der Waals surface area (Å²) in [6, 6.07) is 2.54. The van der Waals surface area contributed by atoms with Gasteiger partial charge in [0.25, 0.3) is 11.4 Å². The van der Waals surface area contributed by atoms with E-state index < -0.39 is 16.0 Å². The molecule has 0 bridgehead atoms. The number of azide groups is 1. The first kappa shape index (κ1) is 17.2. The highest BCUT2D eigenvalue weighted by molar-refractivity contribution is 5.76. The summed E-state index contributed by atoms with van der Waals surface area (Å²) in [5.41, 5.74) is 8.09. The van der Waals surface area contributed by atoms with E-state index >= 15 is 0 Å². The lowest BCUT2D eigenvalue weighted by Crippen LogP contribution is -2.33. The van der Waals surface area contributed by atoms with Crippen molar-refractivity contribution in [1.82, 2.24) is 0 Å². The third kappa shape index (κ3) is 3.61. The fourth-order valence-corrected chi connectivity index (χ4v) is 2.18. The zero-order valence-corrected chi connectivity index (χ0v) is 12.5. The molecule has 0 aromatic heterocycles. The van der Waals surface area contributed by atoms with Crippen LogP contribution in [0.5, 0.6) is 0 Å². The second kappa shape index (κ2) is 7.23. The van der Waals surface area contributed by atoms with Crippen molar-refractivity contribution in [3.8, 4) is 0 Å². The first-order valence-corrected chi connectivity index (χ1v) is 6.57. The molecule has 0 heterocycles. The monoisotopic (exact) mass is 308 g/mol. The van der Waals surface area contributed by atoms with Crippen LogP contribution in [0.25, 0.3) is 10.4 Å². The Labute approximate surface area is 126 Å². The smallest absolute Gasteiger partial charge is 0.299 e. The number of aryl methyl sites for hydroxylation is 1. The second-order valence-electron chi connectivity index (χ2n) is 4.70. The van der Waals surface area contributed by atoms with Gasteiger partial charge in [-0.3, -0.25) is 20.2 Å². The van der Waals surface area contributed by atoms with Gasteiger partial charge in [0.15, 0.2) is 5.69 Å². The molecule has 10 heteroatoms. The summed E-state index contributed by atoms with van der Waals surface area (Å²) in [6.45, 7) is 5.18. The van der Waals surface area contributed by atoms with E-state index in [9.17, 15) is 20.2 Å². The molecule has 10 nitrogen and oxygen atoms in total. The van der Waals surface area contributed by atoms with Crippen LogP contribution in [0.15, 0.2) is 17.2 Å². The van der Waals surface area contributed by atoms with Crippen molar-refractivity contribution in [1.29, 1.82) is 0 Å². The van der Waals surface area contributed by atoms with Crippen molar-refractivity contribution < 1.29 is 9.85 Å². The summed E-state index contributed by atoms with van der Waals surface area (Å²) in [5.74, 6) is 0. The predicted molar refractivity (Wildman–Crippen MR) is 80.7 cm³/mol. The number of benzene rings is 1. The molecule has 1 rings (SSSR count). The molecule has 1 aromatic rings. The van der Waals surface area contributed by atoms with E-state index in [2.05, 4.69) is 10.0 Å². The molecular formula is C12H16N6O4. The third-order valence-corrected chi connectivity index (χ3v) is 3.03. The van der Waals surface area contributed by atoms with Crippen LogP contribution >= 0.6 is 0 Å². The molecule has 0 radical (unpaired) electrons. The lowest BCUT2D eigenvalue weighted by molar-refractivity contribution is -0.392. The predicted octanol–water partition coefficient (Wildman–Crippen LogP) is 3.68. The molecule has 0 fully saturated rings. The van der Waals surface area contributed by atoms with Gasteiger partial charge < -0.3 is 4.90 Å². The Bertz CT molecular complexity index is 605. The summed E-state index contributed by atoms with van der Waals surface area (Å²) in [5, 5.41) is 26.1. The van der Waals surface area contributed by atoms with Crippen LogP contribution in [-0.2, 0) is 0 Å². The van der Waals surface area contributed by atoms with E-state index in [1.165, 1.54) is 24.0 Å². The fraction of sp³-hybridized carbons (Fsp3) is 0.500. The number of nitro groups is 2. The molecular weight excluding hydrogens is 292 g/mol. The van der Waals surface area contributed by atoms with Gasteiger partial charge in [-0.1, -0.05) is 12.0 Å². The SMILES string of the molecule is CCCN(c1c([N+](=O)[O-])cc(C)cc1[N+](=O)[O-])C(C)N=[N+]=[N-]. The van der Waals surface area contributed by atoms with Crippen LogP contribution in [0.3, 0.4) is 0 Å². The maximum atomic E-state index is 11.3. The average Bonchev–Trinajstić information content (AvgIpc) is 2.44. The van der Waals surface area contributed by atoms with E-state index in [4.69, 9.17) is 5.53 Å². The lowest BCUT2D eigenvalue weighted by Gasteiger charge is -2.27. The minimum absolute atomic E-state index is 0.137. The van der Waals surface area contributed by atoms with Gasteiger partial charge in [-0.2, -0.15) is 0 Å². The van der Waals surface area contributed by atoms with Crippen molar-refractivity contribution in [2.45, 2.75) is 33.4 Å². The molecule has 0 saturated heterocycles. The van der Waals surface area contributed by atoms with Crippen LogP contribution in [0, 0.1) is 27.2 Å². The number of nitrogens with zero attached hydrogens (tertiary/aromatic N) is 6. The Kier molecular flexibility index (Phi) is 5.65. The normalized spacial score (nSPS) is 11.4. The highest BCUT2D eigenvalue weighted by atomic mass is 16.6. The van der Waals surface area contributed by atoms with Crippen molar-refractivity contribution in [3.63, 3.8) is 0 Å². The van der Waals surface area contributed by atoms with Crippen LogP contribution in [0.1, 0.15) is 25.8 Å². The second-order valence-corrected chi connectivity index (χ2v) is 4.70. The highest BCUT2D eigenvalue weighted by Crippen LogP contribution is 2.39. The molecule has 0 aliphatic heterocycles. The molecule has 22 heavy (non-hydrogen) atoms. The van der Waals surface area contributed by atoms with Crippen molar-refractivity contribution in [2.24, 2.45) is 5.11 Å². The topological polar surface area (TPSA) is 138 Å². The van der Waals surface area contributed by atoms with E-state index in [-0.39, 0.29) is 23.6 Å². The van der Waals surface area contributed by atoms with Crippen LogP contribution in [0.2, 0.25) is 0 Å². The largest absolute Gasteiger partial charge is 0.352 e. The Balaban J connectivity index is 3.67. The van der Waals surface area contributed by atoms with Crippen molar-refractivity contribution in [3.05, 3.63) is 48.4 Å². The number of anilines is 1. The molecule has 1 aromatic carbocycles. The van der Waals surface area contributed by atoms with E-state index in [1.54, 1.807) is 6.92 Å². The number of hydrogen-bond acceptors (Lipinski definition) is 6. The van der Waals surface area contributed by atoms with E-state index in [1.807, 2.05) is 6.92 Å².